The van der Waals surface area contributed by atoms with Gasteiger partial charge in [-0.2, -0.15) is 0 Å². The van der Waals surface area contributed by atoms with E-state index in [1.165, 1.54) is 6.07 Å². The van der Waals surface area contributed by atoms with E-state index in [0.717, 1.165) is 31.6 Å². The summed E-state index contributed by atoms with van der Waals surface area (Å²) in [7, 11) is 1.79. The number of nitrogens with zero attached hydrogens (tertiary/aromatic N) is 2. The number of carbonyl (C=O) groups excluding carboxylic acids is 2. The molecule has 10 nitrogen and oxygen atoms in total. The van der Waals surface area contributed by atoms with E-state index < -0.39 is 5.97 Å². The first kappa shape index (κ1) is 27.5. The highest BCUT2D eigenvalue weighted by atomic mass is 16.4. The van der Waals surface area contributed by atoms with Gasteiger partial charge in [-0.15, -0.1) is 0 Å². The molecule has 0 atom stereocenters. The number of aromatic nitrogens is 1. The second-order valence-electron chi connectivity index (χ2n) is 9.95. The molecule has 10 heteroatoms. The number of hydrogen-bond donors (Lipinski definition) is 5. The minimum atomic E-state index is -1.15. The summed E-state index contributed by atoms with van der Waals surface area (Å²) in [5.74, 6) is -1.73. The first-order valence-electron chi connectivity index (χ1n) is 13.3. The molecule has 5 N–H and O–H groups in total. The van der Waals surface area contributed by atoms with Crippen molar-refractivity contribution in [2.75, 3.05) is 33.9 Å². The second kappa shape index (κ2) is 12.0. The number of carbonyl (C=O) groups is 3. The van der Waals surface area contributed by atoms with Gasteiger partial charge >= 0.3 is 5.97 Å². The van der Waals surface area contributed by atoms with Crippen molar-refractivity contribution in [3.8, 4) is 0 Å². The number of carboxylic acids is 1. The van der Waals surface area contributed by atoms with Crippen molar-refractivity contribution in [3.05, 3.63) is 102 Å². The van der Waals surface area contributed by atoms with Crippen LogP contribution < -0.4 is 20.9 Å². The first-order chi connectivity index (χ1) is 19.8. The van der Waals surface area contributed by atoms with E-state index in [0.29, 0.717) is 34.0 Å². The molecule has 5 rings (SSSR count). The molecular weight excluding hydrogens is 522 g/mol. The molecule has 1 aliphatic rings. The third-order valence-electron chi connectivity index (χ3n) is 7.07. The number of carboxylic acid groups (broad SMARTS) is 1. The number of aryl methyl sites for hydroxylation is 1. The Morgan fingerprint density at radius 1 is 0.805 bits per heavy atom. The van der Waals surface area contributed by atoms with Crippen molar-refractivity contribution in [3.63, 3.8) is 0 Å². The smallest absolute Gasteiger partial charge is 0.337 e. The fraction of sp³-hybridized carbons (Fsp3) is 0.194. The fourth-order valence-electron chi connectivity index (χ4n) is 4.74. The number of rotatable bonds is 8. The molecule has 1 saturated heterocycles. The van der Waals surface area contributed by atoms with E-state index in [1.807, 2.05) is 12.1 Å². The van der Waals surface area contributed by atoms with E-state index in [2.05, 4.69) is 20.9 Å². The molecular formula is C31H31N5O5. The normalized spacial score (nSPS) is 13.5. The number of aliphatic hydroxyl groups excluding tert-OH is 1. The van der Waals surface area contributed by atoms with Crippen LogP contribution in [0.2, 0.25) is 0 Å². The summed E-state index contributed by atoms with van der Waals surface area (Å²) in [6, 6.07) is 22.3. The Balaban J connectivity index is 1.23. The molecule has 0 bridgehead atoms. The highest BCUT2D eigenvalue weighted by molar-refractivity contribution is 6.06. The monoisotopic (exact) mass is 553 g/mol. The van der Waals surface area contributed by atoms with Gasteiger partial charge in [-0.05, 0) is 91.7 Å². The average molecular weight is 554 g/mol. The number of aliphatic hydroxyl groups is 1. The lowest BCUT2D eigenvalue weighted by Gasteiger charge is -2.31. The molecule has 2 heterocycles. The Labute approximate surface area is 237 Å². The SMILES string of the molecule is Cn1cccc1C(=O)Nc1ccc(Nc2ccc(NC(=O)c3ccc(N4CCC(O)CC4)cc3)cc2C(=O)O)cc1. The molecule has 41 heavy (non-hydrogen) atoms. The van der Waals surface area contributed by atoms with Crippen molar-refractivity contribution in [2.45, 2.75) is 18.9 Å². The average Bonchev–Trinajstić information content (AvgIpc) is 3.41. The molecule has 3 aromatic carbocycles. The van der Waals surface area contributed by atoms with Crippen molar-refractivity contribution in [2.24, 2.45) is 7.05 Å². The summed E-state index contributed by atoms with van der Waals surface area (Å²) in [5.41, 5.74) is 3.89. The maximum absolute atomic E-state index is 12.9. The van der Waals surface area contributed by atoms with Crippen LogP contribution in [0, 0.1) is 0 Å². The van der Waals surface area contributed by atoms with Gasteiger partial charge in [-0.25, -0.2) is 4.79 Å². The number of amides is 2. The van der Waals surface area contributed by atoms with Gasteiger partial charge in [0.25, 0.3) is 11.8 Å². The zero-order valence-corrected chi connectivity index (χ0v) is 22.5. The van der Waals surface area contributed by atoms with Crippen LogP contribution >= 0.6 is 0 Å². The second-order valence-corrected chi connectivity index (χ2v) is 9.95. The molecule has 1 fully saturated rings. The van der Waals surface area contributed by atoms with Gasteiger partial charge in [-0.3, -0.25) is 9.59 Å². The van der Waals surface area contributed by atoms with E-state index in [-0.39, 0.29) is 23.5 Å². The lowest BCUT2D eigenvalue weighted by atomic mass is 10.1. The number of anilines is 5. The molecule has 1 aliphatic heterocycles. The van der Waals surface area contributed by atoms with E-state index in [4.69, 9.17) is 0 Å². The largest absolute Gasteiger partial charge is 0.478 e. The van der Waals surface area contributed by atoms with Crippen LogP contribution in [0.4, 0.5) is 28.4 Å². The van der Waals surface area contributed by atoms with Crippen LogP contribution in [0.3, 0.4) is 0 Å². The number of benzene rings is 3. The Hall–Kier alpha value is -5.09. The van der Waals surface area contributed by atoms with E-state index in [1.54, 1.807) is 78.5 Å². The third-order valence-corrected chi connectivity index (χ3v) is 7.07. The lowest BCUT2D eigenvalue weighted by molar-refractivity contribution is 0.0697. The van der Waals surface area contributed by atoms with Crippen LogP contribution in [0.5, 0.6) is 0 Å². The Kier molecular flexibility index (Phi) is 8.02. The first-order valence-corrected chi connectivity index (χ1v) is 13.3. The Morgan fingerprint density at radius 3 is 2.07 bits per heavy atom. The number of piperidine rings is 1. The molecule has 1 aromatic heterocycles. The summed E-state index contributed by atoms with van der Waals surface area (Å²) >= 11 is 0. The van der Waals surface area contributed by atoms with Crippen molar-refractivity contribution in [1.29, 1.82) is 0 Å². The summed E-state index contributed by atoms with van der Waals surface area (Å²) in [5, 5.41) is 28.2. The summed E-state index contributed by atoms with van der Waals surface area (Å²) in [4.78, 5) is 39.5. The van der Waals surface area contributed by atoms with Crippen molar-refractivity contribution in [1.82, 2.24) is 4.57 Å². The Morgan fingerprint density at radius 2 is 1.44 bits per heavy atom. The molecule has 0 spiro atoms. The maximum Gasteiger partial charge on any atom is 0.337 e. The maximum atomic E-state index is 12.9. The topological polar surface area (TPSA) is 136 Å². The zero-order chi connectivity index (χ0) is 28.9. The number of hydrogen-bond acceptors (Lipinski definition) is 6. The van der Waals surface area contributed by atoms with Crippen LogP contribution in [0.1, 0.15) is 44.0 Å². The van der Waals surface area contributed by atoms with Crippen LogP contribution in [0.15, 0.2) is 85.1 Å². The minimum absolute atomic E-state index is 0.00785. The van der Waals surface area contributed by atoms with E-state index >= 15 is 0 Å². The third kappa shape index (κ3) is 6.56. The molecule has 4 aromatic rings. The summed E-state index contributed by atoms with van der Waals surface area (Å²) in [6.07, 6.45) is 2.97. The zero-order valence-electron chi connectivity index (χ0n) is 22.5. The molecule has 0 radical (unpaired) electrons. The summed E-state index contributed by atoms with van der Waals surface area (Å²) < 4.78 is 1.73. The molecule has 0 aliphatic carbocycles. The van der Waals surface area contributed by atoms with Crippen molar-refractivity contribution >= 4 is 46.2 Å². The van der Waals surface area contributed by atoms with Crippen LogP contribution in [0.25, 0.3) is 0 Å². The molecule has 2 amide bonds. The predicted molar refractivity (Wildman–Crippen MR) is 158 cm³/mol. The Bertz CT molecular complexity index is 1550. The quantitative estimate of drug-likeness (QED) is 0.209. The predicted octanol–water partition coefficient (Wildman–Crippen LogP) is 4.93. The highest BCUT2D eigenvalue weighted by Gasteiger charge is 2.18. The van der Waals surface area contributed by atoms with Gasteiger partial charge in [0, 0.05) is 54.6 Å². The fourth-order valence-corrected chi connectivity index (χ4v) is 4.74. The van der Waals surface area contributed by atoms with Gasteiger partial charge < -0.3 is 35.6 Å². The van der Waals surface area contributed by atoms with Crippen molar-refractivity contribution < 1.29 is 24.6 Å². The van der Waals surface area contributed by atoms with Crippen LogP contribution in [-0.2, 0) is 7.05 Å². The molecule has 210 valence electrons. The molecule has 0 saturated carbocycles. The van der Waals surface area contributed by atoms with Crippen LogP contribution in [-0.4, -0.2) is 51.8 Å². The van der Waals surface area contributed by atoms with Gasteiger partial charge in [0.15, 0.2) is 0 Å². The van der Waals surface area contributed by atoms with Gasteiger partial charge in [0.2, 0.25) is 0 Å². The number of nitrogens with one attached hydrogen (secondary N) is 3. The number of aromatic carboxylic acids is 1. The van der Waals surface area contributed by atoms with Gasteiger partial charge in [-0.1, -0.05) is 0 Å². The standard InChI is InChI=1S/C31H31N5O5/c1-35-16-2-3-28(35)30(39)33-22-8-6-21(7-9-22)32-27-13-10-23(19-26(27)31(40)41)34-29(38)20-4-11-24(12-5-20)36-17-14-25(37)15-18-36/h2-13,16,19,25,32,37H,14-15,17-18H2,1H3,(H,33,39)(H,34,38)(H,40,41). The van der Waals surface area contributed by atoms with Gasteiger partial charge in [0.1, 0.15) is 5.69 Å². The lowest BCUT2D eigenvalue weighted by Crippen LogP contribution is -2.35. The van der Waals surface area contributed by atoms with E-state index in [9.17, 15) is 24.6 Å². The van der Waals surface area contributed by atoms with Gasteiger partial charge in [0.05, 0.1) is 17.4 Å². The highest BCUT2D eigenvalue weighted by Crippen LogP contribution is 2.26. The molecule has 0 unspecified atom stereocenters. The minimum Gasteiger partial charge on any atom is -0.478 e. The summed E-state index contributed by atoms with van der Waals surface area (Å²) in [6.45, 7) is 1.53.